The summed E-state index contributed by atoms with van der Waals surface area (Å²) in [7, 11) is 0. The van der Waals surface area contributed by atoms with Crippen molar-refractivity contribution in [3.8, 4) is 5.75 Å². The van der Waals surface area contributed by atoms with E-state index in [4.69, 9.17) is 14.6 Å². The number of aryl methyl sites for hydroxylation is 1. The zero-order valence-corrected chi connectivity index (χ0v) is 16.7. The lowest BCUT2D eigenvalue weighted by atomic mass is 9.82. The topological polar surface area (TPSA) is 88.0 Å². The lowest BCUT2D eigenvalue weighted by Crippen LogP contribution is -2.35. The molecule has 0 aromatic heterocycles. The number of benzene rings is 2. The molecule has 7 heteroatoms. The first-order valence-electron chi connectivity index (χ1n) is 9.95. The minimum absolute atomic E-state index is 0.0589. The average Bonchev–Trinajstić information content (AvgIpc) is 2.74. The first-order chi connectivity index (χ1) is 14.4. The van der Waals surface area contributed by atoms with Gasteiger partial charge in [-0.05, 0) is 60.7 Å². The van der Waals surface area contributed by atoms with E-state index in [2.05, 4.69) is 5.32 Å². The zero-order valence-electron chi connectivity index (χ0n) is 16.7. The van der Waals surface area contributed by atoms with Crippen molar-refractivity contribution in [1.29, 1.82) is 0 Å². The predicted molar refractivity (Wildman–Crippen MR) is 108 cm³/mol. The molecule has 0 bridgehead atoms. The second-order valence-electron chi connectivity index (χ2n) is 7.64. The van der Waals surface area contributed by atoms with E-state index in [9.17, 15) is 14.3 Å². The number of carboxylic acids is 1. The summed E-state index contributed by atoms with van der Waals surface area (Å²) in [6.07, 6.45) is 0.905. The van der Waals surface area contributed by atoms with Gasteiger partial charge in [-0.15, -0.1) is 0 Å². The number of phenolic OH excluding ortho intramolecular Hbond substituents is 1. The number of carboxylic acid groups (broad SMARTS) is 1. The van der Waals surface area contributed by atoms with Crippen LogP contribution in [0.3, 0.4) is 0 Å². The van der Waals surface area contributed by atoms with E-state index in [1.54, 1.807) is 37.3 Å². The number of carbonyl (C=O) groups is 1. The van der Waals surface area contributed by atoms with Gasteiger partial charge in [0.15, 0.2) is 6.23 Å². The highest BCUT2D eigenvalue weighted by molar-refractivity contribution is 5.85. The molecule has 4 rings (SSSR count). The smallest absolute Gasteiger partial charge is 0.329 e. The Hall–Kier alpha value is -2.90. The summed E-state index contributed by atoms with van der Waals surface area (Å²) < 4.78 is 25.1. The summed E-state index contributed by atoms with van der Waals surface area (Å²) in [5.41, 5.74) is 4.70. The van der Waals surface area contributed by atoms with Gasteiger partial charge in [0.25, 0.3) is 0 Å². The molecule has 158 valence electrons. The van der Waals surface area contributed by atoms with Crippen LogP contribution in [0, 0.1) is 18.7 Å². The third kappa shape index (κ3) is 4.04. The molecular formula is C23H24FNO5. The van der Waals surface area contributed by atoms with Crippen LogP contribution in [0.15, 0.2) is 42.1 Å². The third-order valence-electron chi connectivity index (χ3n) is 5.59. The number of aliphatic carboxylic acids is 1. The number of hydrogen-bond acceptors (Lipinski definition) is 5. The van der Waals surface area contributed by atoms with Crippen LogP contribution in [0.5, 0.6) is 5.75 Å². The van der Waals surface area contributed by atoms with Crippen LogP contribution in [0.2, 0.25) is 0 Å². The van der Waals surface area contributed by atoms with Gasteiger partial charge in [-0.25, -0.2) is 9.18 Å². The number of phenols is 1. The van der Waals surface area contributed by atoms with Gasteiger partial charge >= 0.3 is 5.97 Å². The lowest BCUT2D eigenvalue weighted by molar-refractivity contribution is -0.145. The highest BCUT2D eigenvalue weighted by Gasteiger charge is 2.33. The number of fused-ring (bicyclic) bond motifs is 1. The third-order valence-corrected chi connectivity index (χ3v) is 5.59. The SMILES string of the molecule is Cc1cc(C2=C(C3CCOCC3)NC(OCC(=O)O)c3cc(O)ccc32)ccc1F. The standard InChI is InChI=1S/C23H24FNO5/c1-13-10-15(2-5-19(13)24)21-17-4-3-16(26)11-18(17)23(30-12-20(27)28)25-22(21)14-6-8-29-9-7-14/h2-5,10-11,14,23,25-26H,6-9,12H2,1H3,(H,27,28). The van der Waals surface area contributed by atoms with E-state index in [1.165, 1.54) is 6.07 Å². The van der Waals surface area contributed by atoms with Crippen LogP contribution in [0.4, 0.5) is 4.39 Å². The van der Waals surface area contributed by atoms with Gasteiger partial charge in [0.2, 0.25) is 0 Å². The summed E-state index contributed by atoms with van der Waals surface area (Å²) in [4.78, 5) is 11.1. The normalized spacial score (nSPS) is 19.3. The van der Waals surface area contributed by atoms with E-state index in [0.29, 0.717) is 24.3 Å². The second-order valence-corrected chi connectivity index (χ2v) is 7.64. The Balaban J connectivity index is 1.88. The number of ether oxygens (including phenoxy) is 2. The van der Waals surface area contributed by atoms with Crippen LogP contribution in [0.25, 0.3) is 5.57 Å². The molecule has 0 amide bonds. The summed E-state index contributed by atoms with van der Waals surface area (Å²) in [5, 5.41) is 22.5. The van der Waals surface area contributed by atoms with Crippen molar-refractivity contribution in [1.82, 2.24) is 5.32 Å². The summed E-state index contributed by atoms with van der Waals surface area (Å²) in [6.45, 7) is 2.52. The maximum absolute atomic E-state index is 13.9. The minimum Gasteiger partial charge on any atom is -0.508 e. The summed E-state index contributed by atoms with van der Waals surface area (Å²) in [6, 6.07) is 9.97. The Bertz CT molecular complexity index is 997. The van der Waals surface area contributed by atoms with Gasteiger partial charge in [0.1, 0.15) is 18.2 Å². The molecule has 0 aliphatic carbocycles. The Kier molecular flexibility index (Phi) is 5.74. The zero-order chi connectivity index (χ0) is 21.3. The molecule has 1 unspecified atom stereocenters. The Morgan fingerprint density at radius 2 is 2.00 bits per heavy atom. The first kappa shape index (κ1) is 20.4. The molecule has 0 saturated carbocycles. The van der Waals surface area contributed by atoms with Crippen LogP contribution in [-0.4, -0.2) is 36.0 Å². The molecule has 1 fully saturated rings. The van der Waals surface area contributed by atoms with Crippen LogP contribution < -0.4 is 5.32 Å². The molecule has 6 nitrogen and oxygen atoms in total. The monoisotopic (exact) mass is 413 g/mol. The average molecular weight is 413 g/mol. The van der Waals surface area contributed by atoms with E-state index >= 15 is 0 Å². The second kappa shape index (κ2) is 8.45. The fourth-order valence-electron chi connectivity index (χ4n) is 4.14. The van der Waals surface area contributed by atoms with Crippen molar-refractivity contribution in [2.45, 2.75) is 26.0 Å². The largest absolute Gasteiger partial charge is 0.508 e. The maximum atomic E-state index is 13.9. The molecule has 2 heterocycles. The van der Waals surface area contributed by atoms with Crippen molar-refractivity contribution in [2.24, 2.45) is 5.92 Å². The molecule has 2 aromatic rings. The molecule has 3 N–H and O–H groups in total. The van der Waals surface area contributed by atoms with Crippen molar-refractivity contribution in [3.05, 3.63) is 70.2 Å². The number of hydrogen-bond donors (Lipinski definition) is 3. The predicted octanol–water partition coefficient (Wildman–Crippen LogP) is 3.73. The Morgan fingerprint density at radius 3 is 2.70 bits per heavy atom. The van der Waals surface area contributed by atoms with Gasteiger partial charge in [-0.2, -0.15) is 0 Å². The minimum atomic E-state index is -1.07. The van der Waals surface area contributed by atoms with Gasteiger partial charge < -0.3 is 25.0 Å². The fourth-order valence-corrected chi connectivity index (χ4v) is 4.14. The maximum Gasteiger partial charge on any atom is 0.329 e. The summed E-state index contributed by atoms with van der Waals surface area (Å²) >= 11 is 0. The molecular weight excluding hydrogens is 389 g/mol. The summed E-state index contributed by atoms with van der Waals surface area (Å²) in [5.74, 6) is -1.12. The van der Waals surface area contributed by atoms with Crippen molar-refractivity contribution < 1.29 is 28.9 Å². The van der Waals surface area contributed by atoms with Gasteiger partial charge in [-0.1, -0.05) is 12.1 Å². The highest BCUT2D eigenvalue weighted by Crippen LogP contribution is 2.42. The van der Waals surface area contributed by atoms with Crippen LogP contribution in [0.1, 0.15) is 41.3 Å². The van der Waals surface area contributed by atoms with Gasteiger partial charge in [0.05, 0.1) is 0 Å². The molecule has 1 saturated heterocycles. The number of halogens is 1. The highest BCUT2D eigenvalue weighted by atomic mass is 19.1. The Labute approximate surface area is 173 Å². The number of nitrogens with one attached hydrogen (secondary N) is 1. The van der Waals surface area contributed by atoms with E-state index < -0.39 is 18.8 Å². The molecule has 0 radical (unpaired) electrons. The molecule has 0 spiro atoms. The quantitative estimate of drug-likeness (QED) is 0.692. The lowest BCUT2D eigenvalue weighted by Gasteiger charge is -2.36. The number of aromatic hydroxyl groups is 1. The number of allylic oxidation sites excluding steroid dienone is 1. The van der Waals surface area contributed by atoms with Crippen molar-refractivity contribution >= 4 is 11.5 Å². The number of rotatable bonds is 5. The first-order valence-corrected chi connectivity index (χ1v) is 9.95. The Morgan fingerprint density at radius 1 is 1.23 bits per heavy atom. The van der Waals surface area contributed by atoms with Gasteiger partial charge in [-0.3, -0.25) is 0 Å². The fraction of sp³-hybridized carbons (Fsp3) is 0.348. The van der Waals surface area contributed by atoms with E-state index in [-0.39, 0.29) is 17.5 Å². The van der Waals surface area contributed by atoms with E-state index in [0.717, 1.165) is 35.2 Å². The van der Waals surface area contributed by atoms with E-state index in [1.807, 2.05) is 0 Å². The molecule has 2 aromatic carbocycles. The van der Waals surface area contributed by atoms with Crippen LogP contribution >= 0.6 is 0 Å². The van der Waals surface area contributed by atoms with Crippen molar-refractivity contribution in [3.63, 3.8) is 0 Å². The molecule has 2 aliphatic rings. The van der Waals surface area contributed by atoms with Crippen molar-refractivity contribution in [2.75, 3.05) is 19.8 Å². The van der Waals surface area contributed by atoms with Crippen LogP contribution in [-0.2, 0) is 14.3 Å². The molecule has 30 heavy (non-hydrogen) atoms. The molecule has 2 aliphatic heterocycles. The molecule has 1 atom stereocenters. The van der Waals surface area contributed by atoms with Gasteiger partial charge in [0, 0.05) is 36.0 Å².